The lowest BCUT2D eigenvalue weighted by Crippen LogP contribution is -2.13. The van der Waals surface area contributed by atoms with Crippen LogP contribution >= 0.6 is 15.9 Å². The van der Waals surface area contributed by atoms with E-state index in [1.165, 1.54) is 18.2 Å². The van der Waals surface area contributed by atoms with Crippen molar-refractivity contribution in [3.63, 3.8) is 0 Å². The van der Waals surface area contributed by atoms with Gasteiger partial charge in [-0.15, -0.1) is 0 Å². The average Bonchev–Trinajstić information content (AvgIpc) is 2.41. The molecule has 0 spiro atoms. The molecule has 104 valence electrons. The van der Waals surface area contributed by atoms with E-state index in [1.807, 2.05) is 6.92 Å². The Morgan fingerprint density at radius 3 is 2.80 bits per heavy atom. The van der Waals surface area contributed by atoms with Gasteiger partial charge in [0.2, 0.25) is 0 Å². The minimum atomic E-state index is -0.401. The second-order valence-corrected chi connectivity index (χ2v) is 4.95. The van der Waals surface area contributed by atoms with Crippen LogP contribution in [0.4, 0.5) is 10.1 Å². The fourth-order valence-corrected chi connectivity index (χ4v) is 2.09. The Kier molecular flexibility index (Phi) is 4.74. The zero-order chi connectivity index (χ0) is 14.5. The van der Waals surface area contributed by atoms with Gasteiger partial charge < -0.3 is 10.1 Å². The van der Waals surface area contributed by atoms with Crippen LogP contribution < -0.4 is 10.1 Å². The summed E-state index contributed by atoms with van der Waals surface area (Å²) in [5.41, 5.74) is 0.794. The number of benzene rings is 2. The lowest BCUT2D eigenvalue weighted by atomic mass is 10.2. The number of hydrogen-bond donors (Lipinski definition) is 1. The maximum Gasteiger partial charge on any atom is 0.259 e. The third-order valence-electron chi connectivity index (χ3n) is 2.57. The molecule has 0 saturated heterocycles. The molecule has 0 unspecified atom stereocenters. The quantitative estimate of drug-likeness (QED) is 0.906. The van der Waals surface area contributed by atoms with Crippen LogP contribution in [-0.2, 0) is 0 Å². The van der Waals surface area contributed by atoms with E-state index in [0.717, 1.165) is 4.47 Å². The van der Waals surface area contributed by atoms with Crippen molar-refractivity contribution in [2.24, 2.45) is 0 Å². The van der Waals surface area contributed by atoms with Gasteiger partial charge in [-0.05, 0) is 43.3 Å². The molecule has 1 N–H and O–H groups in total. The van der Waals surface area contributed by atoms with Gasteiger partial charge in [0.25, 0.3) is 5.91 Å². The van der Waals surface area contributed by atoms with Crippen LogP contribution in [0.5, 0.6) is 5.75 Å². The Hall–Kier alpha value is -1.88. The third kappa shape index (κ3) is 3.57. The van der Waals surface area contributed by atoms with Crippen LogP contribution in [-0.4, -0.2) is 12.5 Å². The van der Waals surface area contributed by atoms with E-state index < -0.39 is 5.82 Å². The van der Waals surface area contributed by atoms with Gasteiger partial charge in [0.05, 0.1) is 12.2 Å². The molecular formula is C15H13BrFNO2. The largest absolute Gasteiger partial charge is 0.493 e. The predicted molar refractivity (Wildman–Crippen MR) is 79.7 cm³/mol. The van der Waals surface area contributed by atoms with E-state index in [1.54, 1.807) is 24.3 Å². The molecule has 0 fully saturated rings. The molecule has 2 rings (SSSR count). The molecule has 0 bridgehead atoms. The molecule has 0 saturated carbocycles. The summed E-state index contributed by atoms with van der Waals surface area (Å²) < 4.78 is 19.3. The van der Waals surface area contributed by atoms with Crippen molar-refractivity contribution in [2.45, 2.75) is 6.92 Å². The molecule has 2 aromatic rings. The minimum absolute atomic E-state index is 0.347. The Morgan fingerprint density at radius 2 is 2.10 bits per heavy atom. The van der Waals surface area contributed by atoms with Crippen molar-refractivity contribution < 1.29 is 13.9 Å². The summed E-state index contributed by atoms with van der Waals surface area (Å²) in [5.74, 6) is -0.257. The van der Waals surface area contributed by atoms with Gasteiger partial charge in [0.15, 0.2) is 0 Å². The Labute approximate surface area is 124 Å². The predicted octanol–water partition coefficient (Wildman–Crippen LogP) is 4.24. The zero-order valence-corrected chi connectivity index (χ0v) is 12.4. The van der Waals surface area contributed by atoms with E-state index in [2.05, 4.69) is 21.2 Å². The number of rotatable bonds is 4. The number of amides is 1. The van der Waals surface area contributed by atoms with Crippen LogP contribution in [0.3, 0.4) is 0 Å². The summed E-state index contributed by atoms with van der Waals surface area (Å²) in [7, 11) is 0. The first-order valence-corrected chi connectivity index (χ1v) is 6.88. The molecule has 0 aromatic heterocycles. The highest BCUT2D eigenvalue weighted by atomic mass is 79.9. The van der Waals surface area contributed by atoms with Gasteiger partial charge in [0.1, 0.15) is 11.6 Å². The van der Waals surface area contributed by atoms with Crippen molar-refractivity contribution in [3.05, 3.63) is 58.3 Å². The highest BCUT2D eigenvalue weighted by Crippen LogP contribution is 2.24. The molecule has 0 aliphatic rings. The van der Waals surface area contributed by atoms with E-state index in [-0.39, 0.29) is 5.91 Å². The number of carbonyl (C=O) groups excluding carboxylic acids is 1. The molecule has 0 aliphatic heterocycles. The van der Waals surface area contributed by atoms with Crippen molar-refractivity contribution >= 4 is 27.5 Å². The Balaban J connectivity index is 2.26. The second-order valence-electron chi connectivity index (χ2n) is 4.04. The van der Waals surface area contributed by atoms with E-state index >= 15 is 0 Å². The minimum Gasteiger partial charge on any atom is -0.493 e. The monoisotopic (exact) mass is 337 g/mol. The van der Waals surface area contributed by atoms with Crippen molar-refractivity contribution in [3.8, 4) is 5.75 Å². The standard InChI is InChI=1S/C15H13BrFNO2/c1-2-20-14-7-6-10(16)8-13(14)15(19)18-12-5-3-4-11(17)9-12/h3-9H,2H2,1H3,(H,18,19). The maximum absolute atomic E-state index is 13.1. The van der Waals surface area contributed by atoms with Gasteiger partial charge in [-0.1, -0.05) is 22.0 Å². The normalized spacial score (nSPS) is 10.2. The molecular weight excluding hydrogens is 325 g/mol. The smallest absolute Gasteiger partial charge is 0.259 e. The van der Waals surface area contributed by atoms with Gasteiger partial charge in [-0.25, -0.2) is 4.39 Å². The topological polar surface area (TPSA) is 38.3 Å². The SMILES string of the molecule is CCOc1ccc(Br)cc1C(=O)Nc1cccc(F)c1. The second kappa shape index (κ2) is 6.52. The molecule has 0 radical (unpaired) electrons. The summed E-state index contributed by atoms with van der Waals surface area (Å²) in [6, 6.07) is 10.9. The van der Waals surface area contributed by atoms with E-state index in [9.17, 15) is 9.18 Å². The summed E-state index contributed by atoms with van der Waals surface area (Å²) in [6.45, 7) is 2.30. The lowest BCUT2D eigenvalue weighted by Gasteiger charge is -2.11. The molecule has 0 heterocycles. The molecule has 1 amide bonds. The molecule has 20 heavy (non-hydrogen) atoms. The average molecular weight is 338 g/mol. The van der Waals surface area contributed by atoms with Gasteiger partial charge in [0, 0.05) is 10.2 Å². The van der Waals surface area contributed by atoms with Crippen molar-refractivity contribution in [2.75, 3.05) is 11.9 Å². The molecule has 5 heteroatoms. The van der Waals surface area contributed by atoms with Crippen LogP contribution in [0.2, 0.25) is 0 Å². The van der Waals surface area contributed by atoms with Crippen LogP contribution in [0, 0.1) is 5.82 Å². The lowest BCUT2D eigenvalue weighted by molar-refractivity contribution is 0.102. The summed E-state index contributed by atoms with van der Waals surface area (Å²) in [6.07, 6.45) is 0. The first-order valence-electron chi connectivity index (χ1n) is 6.09. The summed E-state index contributed by atoms with van der Waals surface area (Å²) in [5, 5.41) is 2.65. The van der Waals surface area contributed by atoms with Gasteiger partial charge in [-0.2, -0.15) is 0 Å². The summed E-state index contributed by atoms with van der Waals surface area (Å²) in [4.78, 5) is 12.2. The van der Waals surface area contributed by atoms with E-state index in [4.69, 9.17) is 4.74 Å². The molecule has 2 aromatic carbocycles. The molecule has 0 aliphatic carbocycles. The van der Waals surface area contributed by atoms with Crippen LogP contribution in [0.25, 0.3) is 0 Å². The Morgan fingerprint density at radius 1 is 1.30 bits per heavy atom. The highest BCUT2D eigenvalue weighted by Gasteiger charge is 2.13. The number of hydrogen-bond acceptors (Lipinski definition) is 2. The first-order chi connectivity index (χ1) is 9.60. The first kappa shape index (κ1) is 14.5. The molecule has 3 nitrogen and oxygen atoms in total. The van der Waals surface area contributed by atoms with Crippen LogP contribution in [0.1, 0.15) is 17.3 Å². The maximum atomic E-state index is 13.1. The van der Waals surface area contributed by atoms with Gasteiger partial charge >= 0.3 is 0 Å². The van der Waals surface area contributed by atoms with E-state index in [0.29, 0.717) is 23.6 Å². The van der Waals surface area contributed by atoms with Gasteiger partial charge in [-0.3, -0.25) is 4.79 Å². The number of anilines is 1. The fourth-order valence-electron chi connectivity index (χ4n) is 1.73. The number of carbonyl (C=O) groups is 1. The third-order valence-corrected chi connectivity index (χ3v) is 3.06. The van der Waals surface area contributed by atoms with Crippen LogP contribution in [0.15, 0.2) is 46.9 Å². The highest BCUT2D eigenvalue weighted by molar-refractivity contribution is 9.10. The molecule has 0 atom stereocenters. The summed E-state index contributed by atoms with van der Waals surface area (Å²) >= 11 is 3.32. The van der Waals surface area contributed by atoms with Crippen molar-refractivity contribution in [1.29, 1.82) is 0 Å². The number of nitrogens with one attached hydrogen (secondary N) is 1. The van der Waals surface area contributed by atoms with Crippen molar-refractivity contribution in [1.82, 2.24) is 0 Å². The number of halogens is 2. The fraction of sp³-hybridized carbons (Fsp3) is 0.133. The number of ether oxygens (including phenoxy) is 1. The Bertz CT molecular complexity index is 631. The zero-order valence-electron chi connectivity index (χ0n) is 10.8.